The summed E-state index contributed by atoms with van der Waals surface area (Å²) in [6.07, 6.45) is -0.405. The third kappa shape index (κ3) is 4.00. The molecule has 2 aromatic carbocycles. The van der Waals surface area contributed by atoms with Gasteiger partial charge in [-0.25, -0.2) is 4.79 Å². The lowest BCUT2D eigenvalue weighted by atomic mass is 10.1. The molecule has 1 N–H and O–H groups in total. The fourth-order valence-electron chi connectivity index (χ4n) is 2.76. The molecule has 1 aliphatic rings. The zero-order valence-corrected chi connectivity index (χ0v) is 13.4. The molecular weight excluding hydrogens is 292 g/mol. The second-order valence-electron chi connectivity index (χ2n) is 5.70. The average Bonchev–Trinajstić information content (AvgIpc) is 2.58. The van der Waals surface area contributed by atoms with Crippen molar-refractivity contribution in [3.8, 4) is 5.75 Å². The Morgan fingerprint density at radius 1 is 1.22 bits per heavy atom. The van der Waals surface area contributed by atoms with E-state index < -0.39 is 6.09 Å². The number of hydrogen-bond acceptors (Lipinski definition) is 4. The van der Waals surface area contributed by atoms with Gasteiger partial charge in [-0.1, -0.05) is 36.4 Å². The first kappa shape index (κ1) is 15.8. The first-order valence-electron chi connectivity index (χ1n) is 7.98. The van der Waals surface area contributed by atoms with Gasteiger partial charge in [0.15, 0.2) is 0 Å². The third-order valence-electron chi connectivity index (χ3n) is 4.07. The van der Waals surface area contributed by atoms with Gasteiger partial charge in [-0.05, 0) is 17.9 Å². The van der Waals surface area contributed by atoms with Crippen LogP contribution in [-0.4, -0.2) is 50.4 Å². The van der Waals surface area contributed by atoms with Crippen LogP contribution in [0.15, 0.2) is 36.4 Å². The Balaban J connectivity index is 1.58. The number of carbonyl (C=O) groups excluding carboxylic acids is 1. The maximum absolute atomic E-state index is 12.1. The summed E-state index contributed by atoms with van der Waals surface area (Å²) in [6, 6.07) is 11.9. The number of aryl methyl sites for hydroxylation is 1. The van der Waals surface area contributed by atoms with Gasteiger partial charge in [0.2, 0.25) is 0 Å². The molecule has 1 heterocycles. The van der Waals surface area contributed by atoms with E-state index in [9.17, 15) is 4.79 Å². The molecule has 122 valence electrons. The van der Waals surface area contributed by atoms with Crippen molar-refractivity contribution in [3.63, 3.8) is 0 Å². The van der Waals surface area contributed by atoms with Crippen molar-refractivity contribution in [1.82, 2.24) is 10.2 Å². The largest absolute Gasteiger partial charge is 0.412 e. The maximum atomic E-state index is 12.1. The molecule has 5 nitrogen and oxygen atoms in total. The highest BCUT2D eigenvalue weighted by Gasteiger charge is 2.13. The zero-order valence-electron chi connectivity index (χ0n) is 13.4. The van der Waals surface area contributed by atoms with Gasteiger partial charge in [0, 0.05) is 31.6 Å². The molecule has 3 rings (SSSR count). The highest BCUT2D eigenvalue weighted by atomic mass is 16.6. The van der Waals surface area contributed by atoms with E-state index in [1.54, 1.807) is 0 Å². The first-order chi connectivity index (χ1) is 11.2. The summed E-state index contributed by atoms with van der Waals surface area (Å²) >= 11 is 0. The number of nitrogens with one attached hydrogen (secondary N) is 1. The van der Waals surface area contributed by atoms with E-state index in [0.717, 1.165) is 49.2 Å². The third-order valence-corrected chi connectivity index (χ3v) is 4.07. The van der Waals surface area contributed by atoms with Crippen molar-refractivity contribution in [2.75, 3.05) is 39.4 Å². The minimum Gasteiger partial charge on any atom is -0.409 e. The Bertz CT molecular complexity index is 681. The van der Waals surface area contributed by atoms with E-state index in [1.165, 1.54) is 0 Å². The normalized spacial score (nSPS) is 15.5. The molecule has 2 aromatic rings. The number of ether oxygens (including phenoxy) is 2. The zero-order chi connectivity index (χ0) is 16.1. The van der Waals surface area contributed by atoms with Gasteiger partial charge in [0.1, 0.15) is 5.75 Å². The summed E-state index contributed by atoms with van der Waals surface area (Å²) in [6.45, 7) is 6.69. The number of nitrogens with zero attached hydrogens (tertiary/aromatic N) is 1. The standard InChI is InChI=1S/C18H22N2O3/c1-14-6-7-15-4-2-3-5-16(15)17(14)23-18(21)19-8-9-20-10-12-22-13-11-20/h2-7H,8-13H2,1H3,(H,19,21). The Kier molecular flexibility index (Phi) is 5.10. The molecule has 0 bridgehead atoms. The number of benzene rings is 2. The Labute approximate surface area is 136 Å². The second kappa shape index (κ2) is 7.44. The van der Waals surface area contributed by atoms with Gasteiger partial charge < -0.3 is 14.8 Å². The molecule has 1 amide bonds. The van der Waals surface area contributed by atoms with Crippen LogP contribution >= 0.6 is 0 Å². The van der Waals surface area contributed by atoms with E-state index in [0.29, 0.717) is 12.3 Å². The topological polar surface area (TPSA) is 50.8 Å². The Morgan fingerprint density at radius 3 is 2.83 bits per heavy atom. The molecule has 5 heteroatoms. The number of carbonyl (C=O) groups is 1. The lowest BCUT2D eigenvalue weighted by Gasteiger charge is -2.26. The average molecular weight is 314 g/mol. The quantitative estimate of drug-likeness (QED) is 0.942. The number of morpholine rings is 1. The van der Waals surface area contributed by atoms with Crippen LogP contribution in [0.3, 0.4) is 0 Å². The van der Waals surface area contributed by atoms with Gasteiger partial charge in [0.05, 0.1) is 13.2 Å². The highest BCUT2D eigenvalue weighted by molar-refractivity contribution is 5.91. The summed E-state index contributed by atoms with van der Waals surface area (Å²) in [7, 11) is 0. The smallest absolute Gasteiger partial charge is 0.409 e. The number of amides is 1. The van der Waals surface area contributed by atoms with E-state index >= 15 is 0 Å². The van der Waals surface area contributed by atoms with Crippen LogP contribution in [0.5, 0.6) is 5.75 Å². The van der Waals surface area contributed by atoms with Gasteiger partial charge in [-0.2, -0.15) is 0 Å². The molecule has 0 saturated carbocycles. The summed E-state index contributed by atoms with van der Waals surface area (Å²) in [5.41, 5.74) is 0.951. The van der Waals surface area contributed by atoms with Crippen molar-refractivity contribution in [1.29, 1.82) is 0 Å². The van der Waals surface area contributed by atoms with Crippen molar-refractivity contribution >= 4 is 16.9 Å². The van der Waals surface area contributed by atoms with Crippen LogP contribution in [0.1, 0.15) is 5.56 Å². The molecule has 1 fully saturated rings. The molecular formula is C18H22N2O3. The predicted octanol–water partition coefficient (Wildman–Crippen LogP) is 2.57. The SMILES string of the molecule is Cc1ccc2ccccc2c1OC(=O)NCCN1CCOCC1. The van der Waals surface area contributed by atoms with E-state index in [1.807, 2.05) is 43.3 Å². The van der Waals surface area contributed by atoms with E-state index in [-0.39, 0.29) is 0 Å². The highest BCUT2D eigenvalue weighted by Crippen LogP contribution is 2.29. The molecule has 0 spiro atoms. The second-order valence-corrected chi connectivity index (χ2v) is 5.70. The molecule has 0 aromatic heterocycles. The monoisotopic (exact) mass is 314 g/mol. The van der Waals surface area contributed by atoms with Crippen LogP contribution in [0.4, 0.5) is 4.79 Å². The van der Waals surface area contributed by atoms with Crippen molar-refractivity contribution in [3.05, 3.63) is 42.0 Å². The fourth-order valence-corrected chi connectivity index (χ4v) is 2.76. The molecule has 1 aliphatic heterocycles. The van der Waals surface area contributed by atoms with Crippen LogP contribution < -0.4 is 10.1 Å². The molecule has 1 saturated heterocycles. The van der Waals surface area contributed by atoms with Gasteiger partial charge in [0.25, 0.3) is 0 Å². The minimum absolute atomic E-state index is 0.405. The molecule has 0 unspecified atom stereocenters. The molecule has 23 heavy (non-hydrogen) atoms. The molecule has 0 radical (unpaired) electrons. The predicted molar refractivity (Wildman–Crippen MR) is 90.0 cm³/mol. The van der Waals surface area contributed by atoms with Crippen molar-refractivity contribution in [2.45, 2.75) is 6.92 Å². The van der Waals surface area contributed by atoms with Crippen LogP contribution in [0, 0.1) is 6.92 Å². The van der Waals surface area contributed by atoms with Crippen LogP contribution in [0.2, 0.25) is 0 Å². The summed E-state index contributed by atoms with van der Waals surface area (Å²) in [4.78, 5) is 14.3. The van der Waals surface area contributed by atoms with Gasteiger partial charge in [-0.15, -0.1) is 0 Å². The summed E-state index contributed by atoms with van der Waals surface area (Å²) in [5, 5.41) is 4.85. The van der Waals surface area contributed by atoms with E-state index in [2.05, 4.69) is 10.2 Å². The first-order valence-corrected chi connectivity index (χ1v) is 7.98. The Hall–Kier alpha value is -2.11. The Morgan fingerprint density at radius 2 is 2.00 bits per heavy atom. The fraction of sp³-hybridized carbons (Fsp3) is 0.389. The number of fused-ring (bicyclic) bond motifs is 1. The maximum Gasteiger partial charge on any atom is 0.412 e. The lowest BCUT2D eigenvalue weighted by molar-refractivity contribution is 0.0385. The van der Waals surface area contributed by atoms with Crippen molar-refractivity contribution < 1.29 is 14.3 Å². The van der Waals surface area contributed by atoms with Crippen LogP contribution in [-0.2, 0) is 4.74 Å². The number of rotatable bonds is 4. The molecule has 0 aliphatic carbocycles. The summed E-state index contributed by atoms with van der Waals surface area (Å²) < 4.78 is 10.9. The number of hydrogen-bond donors (Lipinski definition) is 1. The van der Waals surface area contributed by atoms with Crippen molar-refractivity contribution in [2.24, 2.45) is 0 Å². The minimum atomic E-state index is -0.405. The van der Waals surface area contributed by atoms with E-state index in [4.69, 9.17) is 9.47 Å². The van der Waals surface area contributed by atoms with Gasteiger partial charge >= 0.3 is 6.09 Å². The lowest BCUT2D eigenvalue weighted by Crippen LogP contribution is -2.41. The van der Waals surface area contributed by atoms with Gasteiger partial charge in [-0.3, -0.25) is 4.90 Å². The molecule has 0 atom stereocenters. The summed E-state index contributed by atoms with van der Waals surface area (Å²) in [5.74, 6) is 0.631. The van der Waals surface area contributed by atoms with Crippen LogP contribution in [0.25, 0.3) is 10.8 Å².